The summed E-state index contributed by atoms with van der Waals surface area (Å²) in [6.07, 6.45) is 1.17. The molecule has 3 aromatic rings. The SMILES string of the molecule is Cc1cccc2nc(CCl)n(C3CC3c3ccccc3)c12. The summed E-state index contributed by atoms with van der Waals surface area (Å²) in [6.45, 7) is 2.15. The standard InChI is InChI=1S/C18H17ClN2/c1-12-6-5-9-15-18(12)21(17(11-19)20-15)16-10-14(16)13-7-3-2-4-8-13/h2-9,14,16H,10-11H2,1H3. The van der Waals surface area contributed by atoms with E-state index in [1.807, 2.05) is 0 Å². The van der Waals surface area contributed by atoms with Crippen molar-refractivity contribution in [3.05, 3.63) is 65.5 Å². The van der Waals surface area contributed by atoms with Crippen LogP contribution in [0.3, 0.4) is 0 Å². The molecule has 0 saturated heterocycles. The first-order chi connectivity index (χ1) is 10.3. The van der Waals surface area contributed by atoms with Crippen LogP contribution in [-0.4, -0.2) is 9.55 Å². The van der Waals surface area contributed by atoms with E-state index in [2.05, 4.69) is 60.0 Å². The van der Waals surface area contributed by atoms with Crippen molar-refractivity contribution in [2.45, 2.75) is 31.2 Å². The smallest absolute Gasteiger partial charge is 0.125 e. The van der Waals surface area contributed by atoms with Gasteiger partial charge in [-0.25, -0.2) is 4.98 Å². The van der Waals surface area contributed by atoms with E-state index in [1.54, 1.807) is 0 Å². The van der Waals surface area contributed by atoms with Crippen molar-refractivity contribution in [3.63, 3.8) is 0 Å². The number of rotatable bonds is 3. The van der Waals surface area contributed by atoms with Crippen LogP contribution in [-0.2, 0) is 5.88 Å². The Kier molecular flexibility index (Phi) is 3.00. The lowest BCUT2D eigenvalue weighted by atomic mass is 10.1. The molecule has 0 spiro atoms. The molecule has 0 aliphatic heterocycles. The van der Waals surface area contributed by atoms with Crippen molar-refractivity contribution < 1.29 is 0 Å². The van der Waals surface area contributed by atoms with Crippen molar-refractivity contribution in [1.29, 1.82) is 0 Å². The summed E-state index contributed by atoms with van der Waals surface area (Å²) in [6, 6.07) is 17.5. The van der Waals surface area contributed by atoms with Gasteiger partial charge in [-0.2, -0.15) is 0 Å². The van der Waals surface area contributed by atoms with Crippen LogP contribution >= 0.6 is 11.6 Å². The first-order valence-corrected chi connectivity index (χ1v) is 7.90. The Morgan fingerprint density at radius 3 is 2.71 bits per heavy atom. The maximum Gasteiger partial charge on any atom is 0.125 e. The molecule has 0 bridgehead atoms. The largest absolute Gasteiger partial charge is 0.323 e. The molecule has 2 unspecified atom stereocenters. The first kappa shape index (κ1) is 12.9. The van der Waals surface area contributed by atoms with Crippen LogP contribution in [0.1, 0.15) is 35.3 Å². The summed E-state index contributed by atoms with van der Waals surface area (Å²) in [5.41, 5.74) is 4.99. The molecule has 2 nitrogen and oxygen atoms in total. The molecule has 21 heavy (non-hydrogen) atoms. The van der Waals surface area contributed by atoms with Crippen LogP contribution in [0.25, 0.3) is 11.0 Å². The molecule has 1 fully saturated rings. The van der Waals surface area contributed by atoms with Gasteiger partial charge in [0.1, 0.15) is 5.82 Å². The zero-order chi connectivity index (χ0) is 14.4. The molecule has 0 N–H and O–H groups in total. The third-order valence-corrected chi connectivity index (χ3v) is 4.66. The zero-order valence-corrected chi connectivity index (χ0v) is 12.7. The molecule has 1 aromatic heterocycles. The molecule has 3 heteroatoms. The summed E-state index contributed by atoms with van der Waals surface area (Å²) >= 11 is 6.14. The van der Waals surface area contributed by atoms with Gasteiger partial charge in [-0.15, -0.1) is 11.6 Å². The van der Waals surface area contributed by atoms with Crippen LogP contribution in [0.2, 0.25) is 0 Å². The number of imidazole rings is 1. The van der Waals surface area contributed by atoms with Crippen LogP contribution < -0.4 is 0 Å². The van der Waals surface area contributed by atoms with Gasteiger partial charge < -0.3 is 4.57 Å². The van der Waals surface area contributed by atoms with Gasteiger partial charge in [0, 0.05) is 12.0 Å². The van der Waals surface area contributed by atoms with Gasteiger partial charge in [-0.05, 0) is 30.5 Å². The van der Waals surface area contributed by atoms with Gasteiger partial charge >= 0.3 is 0 Å². The summed E-state index contributed by atoms with van der Waals surface area (Å²) in [5.74, 6) is 2.04. The molecular weight excluding hydrogens is 280 g/mol. The minimum absolute atomic E-state index is 0.464. The average Bonchev–Trinajstić information content (AvgIpc) is 3.21. The molecule has 1 saturated carbocycles. The molecule has 2 aromatic carbocycles. The van der Waals surface area contributed by atoms with E-state index in [0.717, 1.165) is 11.3 Å². The highest BCUT2D eigenvalue weighted by atomic mass is 35.5. The summed E-state index contributed by atoms with van der Waals surface area (Å²) < 4.78 is 2.37. The van der Waals surface area contributed by atoms with Crippen molar-refractivity contribution >= 4 is 22.6 Å². The number of hydrogen-bond acceptors (Lipinski definition) is 1. The summed E-state index contributed by atoms with van der Waals surface area (Å²) in [5, 5.41) is 0. The van der Waals surface area contributed by atoms with Crippen molar-refractivity contribution in [2.75, 3.05) is 0 Å². The molecule has 0 amide bonds. The highest BCUT2D eigenvalue weighted by Gasteiger charge is 2.41. The minimum Gasteiger partial charge on any atom is -0.323 e. The van der Waals surface area contributed by atoms with E-state index in [9.17, 15) is 0 Å². The van der Waals surface area contributed by atoms with Gasteiger partial charge in [0.15, 0.2) is 0 Å². The fraction of sp³-hybridized carbons (Fsp3) is 0.278. The Bertz CT molecular complexity index is 792. The van der Waals surface area contributed by atoms with Crippen LogP contribution in [0.5, 0.6) is 0 Å². The monoisotopic (exact) mass is 296 g/mol. The van der Waals surface area contributed by atoms with E-state index < -0.39 is 0 Å². The predicted octanol–water partition coefficient (Wildman–Crippen LogP) is 4.81. The molecule has 2 atom stereocenters. The number of benzene rings is 2. The van der Waals surface area contributed by atoms with Crippen LogP contribution in [0.4, 0.5) is 0 Å². The van der Waals surface area contributed by atoms with Crippen molar-refractivity contribution in [1.82, 2.24) is 9.55 Å². The lowest BCUT2D eigenvalue weighted by molar-refractivity contribution is 0.705. The predicted molar refractivity (Wildman–Crippen MR) is 86.9 cm³/mol. The van der Waals surface area contributed by atoms with E-state index >= 15 is 0 Å². The molecule has 1 aliphatic rings. The Labute approximate surface area is 129 Å². The van der Waals surface area contributed by atoms with Crippen LogP contribution in [0, 0.1) is 6.92 Å². The highest BCUT2D eigenvalue weighted by molar-refractivity contribution is 6.16. The molecule has 4 rings (SSSR count). The summed E-state index contributed by atoms with van der Waals surface area (Å²) in [7, 11) is 0. The Balaban J connectivity index is 1.81. The second-order valence-corrected chi connectivity index (χ2v) is 6.06. The minimum atomic E-state index is 0.464. The maximum atomic E-state index is 6.14. The highest BCUT2D eigenvalue weighted by Crippen LogP contribution is 2.53. The van der Waals surface area contributed by atoms with E-state index in [-0.39, 0.29) is 0 Å². The Morgan fingerprint density at radius 2 is 1.95 bits per heavy atom. The van der Waals surface area contributed by atoms with Crippen molar-refractivity contribution in [2.24, 2.45) is 0 Å². The van der Waals surface area contributed by atoms with Crippen LogP contribution in [0.15, 0.2) is 48.5 Å². The van der Waals surface area contributed by atoms with Gasteiger partial charge in [-0.1, -0.05) is 42.5 Å². The van der Waals surface area contributed by atoms with Gasteiger partial charge in [0.25, 0.3) is 0 Å². The van der Waals surface area contributed by atoms with E-state index in [0.29, 0.717) is 17.8 Å². The quantitative estimate of drug-likeness (QED) is 0.634. The topological polar surface area (TPSA) is 17.8 Å². The maximum absolute atomic E-state index is 6.14. The molecule has 1 heterocycles. The zero-order valence-electron chi connectivity index (χ0n) is 12.0. The number of nitrogens with zero attached hydrogens (tertiary/aromatic N) is 2. The lowest BCUT2D eigenvalue weighted by Gasteiger charge is -2.09. The Hall–Kier alpha value is -1.80. The number of hydrogen-bond donors (Lipinski definition) is 0. The summed E-state index contributed by atoms with van der Waals surface area (Å²) in [4.78, 5) is 4.71. The average molecular weight is 297 g/mol. The lowest BCUT2D eigenvalue weighted by Crippen LogP contribution is -2.02. The van der Waals surface area contributed by atoms with E-state index in [1.165, 1.54) is 23.1 Å². The fourth-order valence-corrected chi connectivity index (χ4v) is 3.53. The molecule has 106 valence electrons. The first-order valence-electron chi connectivity index (χ1n) is 7.37. The number of halogens is 1. The normalized spacial score (nSPS) is 20.9. The van der Waals surface area contributed by atoms with Gasteiger partial charge in [0.05, 0.1) is 16.9 Å². The number of alkyl halides is 1. The second kappa shape index (κ2) is 4.88. The number of fused-ring (bicyclic) bond motifs is 1. The van der Waals surface area contributed by atoms with Gasteiger partial charge in [-0.3, -0.25) is 0 Å². The number of aromatic nitrogens is 2. The second-order valence-electron chi connectivity index (χ2n) is 5.79. The van der Waals surface area contributed by atoms with Crippen molar-refractivity contribution in [3.8, 4) is 0 Å². The Morgan fingerprint density at radius 1 is 1.14 bits per heavy atom. The third kappa shape index (κ3) is 2.06. The number of para-hydroxylation sites is 1. The molecular formula is C18H17ClN2. The molecule has 1 aliphatic carbocycles. The van der Waals surface area contributed by atoms with Gasteiger partial charge in [0.2, 0.25) is 0 Å². The third-order valence-electron chi connectivity index (χ3n) is 4.42. The number of aryl methyl sites for hydroxylation is 1. The molecule has 0 radical (unpaired) electrons. The fourth-order valence-electron chi connectivity index (χ4n) is 3.35. The van der Waals surface area contributed by atoms with E-state index in [4.69, 9.17) is 16.6 Å².